The van der Waals surface area contributed by atoms with Crippen LogP contribution in [-0.2, 0) is 32.0 Å². The first kappa shape index (κ1) is 24.3. The van der Waals surface area contributed by atoms with Crippen molar-refractivity contribution in [1.29, 1.82) is 0 Å². The maximum absolute atomic E-state index is 13.0. The van der Waals surface area contributed by atoms with Crippen molar-refractivity contribution < 1.29 is 23.9 Å². The molecule has 1 heterocycles. The van der Waals surface area contributed by atoms with Crippen LogP contribution >= 0.6 is 0 Å². The van der Waals surface area contributed by atoms with E-state index in [0.717, 1.165) is 12.8 Å². The third kappa shape index (κ3) is 7.07. The highest BCUT2D eigenvalue weighted by molar-refractivity contribution is 5.93. The van der Waals surface area contributed by atoms with Crippen LogP contribution in [-0.4, -0.2) is 54.5 Å². The first-order valence-corrected chi connectivity index (χ1v) is 11.5. The second kappa shape index (κ2) is 12.0. The maximum Gasteiger partial charge on any atom is 0.308 e. The summed E-state index contributed by atoms with van der Waals surface area (Å²) in [6.07, 6.45) is 1.45. The van der Waals surface area contributed by atoms with Gasteiger partial charge in [0.1, 0.15) is 11.8 Å². The van der Waals surface area contributed by atoms with Gasteiger partial charge in [-0.05, 0) is 49.4 Å². The fraction of sp³-hybridized carbons (Fsp3) is 0.423. The van der Waals surface area contributed by atoms with Gasteiger partial charge in [0.2, 0.25) is 5.91 Å². The summed E-state index contributed by atoms with van der Waals surface area (Å²) in [5, 5.41) is 2.73. The van der Waals surface area contributed by atoms with E-state index in [1.165, 1.54) is 16.0 Å². The molecule has 0 saturated carbocycles. The van der Waals surface area contributed by atoms with E-state index < -0.39 is 18.1 Å². The molecular formula is C26H32N2O5. The zero-order chi connectivity index (χ0) is 23.6. The number of nitrogens with zero attached hydrogens (tertiary/aromatic N) is 1. The molecule has 0 radical (unpaired) electrons. The van der Waals surface area contributed by atoms with Gasteiger partial charge in [-0.15, -0.1) is 0 Å². The Balaban J connectivity index is 1.52. The van der Waals surface area contributed by atoms with E-state index in [1.807, 2.05) is 54.6 Å². The topological polar surface area (TPSA) is 84.9 Å². The minimum atomic E-state index is -0.901. The molecule has 3 rings (SSSR count). The Morgan fingerprint density at radius 2 is 1.82 bits per heavy atom. The maximum atomic E-state index is 13.0. The van der Waals surface area contributed by atoms with Crippen LogP contribution in [0.1, 0.15) is 37.8 Å². The lowest BCUT2D eigenvalue weighted by molar-refractivity contribution is -0.154. The van der Waals surface area contributed by atoms with Crippen molar-refractivity contribution in [2.24, 2.45) is 0 Å². The summed E-state index contributed by atoms with van der Waals surface area (Å²) in [5.74, 6) is -0.586. The molecule has 2 aromatic carbocycles. The number of nitrogens with one attached hydrogen (secondary N) is 1. The molecule has 2 aromatic rings. The van der Waals surface area contributed by atoms with Crippen molar-refractivity contribution in [2.75, 3.05) is 19.7 Å². The molecule has 2 atom stereocenters. The largest absolute Gasteiger partial charge is 0.481 e. The van der Waals surface area contributed by atoms with Gasteiger partial charge >= 0.3 is 5.97 Å². The molecule has 0 aromatic heterocycles. The summed E-state index contributed by atoms with van der Waals surface area (Å²) in [6, 6.07) is 16.6. The molecule has 1 aliphatic heterocycles. The number of aryl methyl sites for hydroxylation is 2. The third-order valence-electron chi connectivity index (χ3n) is 5.68. The van der Waals surface area contributed by atoms with Crippen LogP contribution in [0.15, 0.2) is 54.6 Å². The normalized spacial score (nSPS) is 16.6. The number of esters is 1. The van der Waals surface area contributed by atoms with E-state index >= 15 is 0 Å². The number of amides is 2. The molecule has 33 heavy (non-hydrogen) atoms. The van der Waals surface area contributed by atoms with E-state index in [0.29, 0.717) is 25.3 Å². The summed E-state index contributed by atoms with van der Waals surface area (Å²) < 4.78 is 11.1. The highest BCUT2D eigenvalue weighted by atomic mass is 16.5. The number of rotatable bonds is 10. The van der Waals surface area contributed by atoms with Gasteiger partial charge in [0.05, 0.1) is 13.0 Å². The SMILES string of the molecule is CCc1ccc(OC(C)C(=O)N2CCNC(=O)C2CC(=O)OCCCc2ccccc2)cc1. The molecule has 7 heteroatoms. The highest BCUT2D eigenvalue weighted by Crippen LogP contribution is 2.18. The molecule has 0 aliphatic carbocycles. The Hall–Kier alpha value is -3.35. The molecule has 1 aliphatic rings. The van der Waals surface area contributed by atoms with Gasteiger partial charge in [0.15, 0.2) is 6.10 Å². The van der Waals surface area contributed by atoms with Crippen LogP contribution in [0.2, 0.25) is 0 Å². The van der Waals surface area contributed by atoms with Gasteiger partial charge in [-0.1, -0.05) is 49.4 Å². The molecule has 0 bridgehead atoms. The van der Waals surface area contributed by atoms with Crippen molar-refractivity contribution in [3.63, 3.8) is 0 Å². The lowest BCUT2D eigenvalue weighted by atomic mass is 10.1. The highest BCUT2D eigenvalue weighted by Gasteiger charge is 2.37. The fourth-order valence-electron chi connectivity index (χ4n) is 3.80. The smallest absolute Gasteiger partial charge is 0.308 e. The van der Waals surface area contributed by atoms with Gasteiger partial charge in [0.25, 0.3) is 5.91 Å². The Morgan fingerprint density at radius 3 is 2.52 bits per heavy atom. The standard InChI is InChI=1S/C26H32N2O5/c1-3-20-11-13-22(14-12-20)33-19(2)26(31)28-16-15-27-25(30)23(28)18-24(29)32-17-7-10-21-8-5-4-6-9-21/h4-6,8-9,11-14,19,23H,3,7,10,15-18H2,1-2H3,(H,27,30). The number of piperazine rings is 1. The predicted molar refractivity (Wildman–Crippen MR) is 125 cm³/mol. The molecule has 176 valence electrons. The quantitative estimate of drug-likeness (QED) is 0.443. The summed E-state index contributed by atoms with van der Waals surface area (Å²) in [5.41, 5.74) is 2.35. The van der Waals surface area contributed by atoms with Gasteiger partial charge in [-0.3, -0.25) is 14.4 Å². The van der Waals surface area contributed by atoms with E-state index in [1.54, 1.807) is 6.92 Å². The van der Waals surface area contributed by atoms with Crippen LogP contribution in [0.5, 0.6) is 5.75 Å². The van der Waals surface area contributed by atoms with Crippen LogP contribution < -0.4 is 10.1 Å². The zero-order valence-corrected chi connectivity index (χ0v) is 19.3. The molecule has 2 amide bonds. The molecule has 2 unspecified atom stereocenters. The minimum absolute atomic E-state index is 0.180. The minimum Gasteiger partial charge on any atom is -0.481 e. The van der Waals surface area contributed by atoms with Crippen LogP contribution in [0, 0.1) is 0 Å². The van der Waals surface area contributed by atoms with Gasteiger partial charge in [-0.2, -0.15) is 0 Å². The fourth-order valence-corrected chi connectivity index (χ4v) is 3.80. The number of hydrogen-bond donors (Lipinski definition) is 1. The summed E-state index contributed by atoms with van der Waals surface area (Å²) >= 11 is 0. The summed E-state index contributed by atoms with van der Waals surface area (Å²) in [7, 11) is 0. The summed E-state index contributed by atoms with van der Waals surface area (Å²) in [6.45, 7) is 4.65. The average molecular weight is 453 g/mol. The van der Waals surface area contributed by atoms with Crippen molar-refractivity contribution in [2.45, 2.75) is 51.7 Å². The van der Waals surface area contributed by atoms with Crippen molar-refractivity contribution >= 4 is 17.8 Å². The second-order valence-electron chi connectivity index (χ2n) is 8.11. The molecule has 1 N–H and O–H groups in total. The average Bonchev–Trinajstić information content (AvgIpc) is 2.84. The van der Waals surface area contributed by atoms with Crippen molar-refractivity contribution in [3.05, 3.63) is 65.7 Å². The van der Waals surface area contributed by atoms with E-state index in [9.17, 15) is 14.4 Å². The van der Waals surface area contributed by atoms with E-state index in [4.69, 9.17) is 9.47 Å². The molecular weight excluding hydrogens is 420 g/mol. The van der Waals surface area contributed by atoms with Gasteiger partial charge in [-0.25, -0.2) is 0 Å². The molecule has 0 spiro atoms. The number of carbonyl (C=O) groups is 3. The second-order valence-corrected chi connectivity index (χ2v) is 8.11. The third-order valence-corrected chi connectivity index (χ3v) is 5.68. The monoisotopic (exact) mass is 452 g/mol. The first-order chi connectivity index (χ1) is 16.0. The Morgan fingerprint density at radius 1 is 1.09 bits per heavy atom. The van der Waals surface area contributed by atoms with Crippen LogP contribution in [0.25, 0.3) is 0 Å². The van der Waals surface area contributed by atoms with Gasteiger partial charge in [0, 0.05) is 13.1 Å². The van der Waals surface area contributed by atoms with Crippen LogP contribution in [0.3, 0.4) is 0 Å². The number of carbonyl (C=O) groups excluding carboxylic acids is 3. The Bertz CT molecular complexity index is 929. The summed E-state index contributed by atoms with van der Waals surface area (Å²) in [4.78, 5) is 39.3. The number of benzene rings is 2. The van der Waals surface area contributed by atoms with Crippen molar-refractivity contribution in [3.8, 4) is 5.75 Å². The molecule has 1 fully saturated rings. The van der Waals surface area contributed by atoms with E-state index in [-0.39, 0.29) is 24.8 Å². The lowest BCUT2D eigenvalue weighted by Crippen LogP contribution is -2.60. The first-order valence-electron chi connectivity index (χ1n) is 11.5. The van der Waals surface area contributed by atoms with Gasteiger partial charge < -0.3 is 19.7 Å². The Labute approximate surface area is 195 Å². The number of ether oxygens (including phenoxy) is 2. The zero-order valence-electron chi connectivity index (χ0n) is 19.3. The lowest BCUT2D eigenvalue weighted by Gasteiger charge is -2.36. The molecule has 7 nitrogen and oxygen atoms in total. The number of hydrogen-bond acceptors (Lipinski definition) is 5. The molecule has 1 saturated heterocycles. The van der Waals surface area contributed by atoms with E-state index in [2.05, 4.69) is 12.2 Å². The Kier molecular flexibility index (Phi) is 8.87. The predicted octanol–water partition coefficient (Wildman–Crippen LogP) is 2.91. The van der Waals surface area contributed by atoms with Crippen molar-refractivity contribution in [1.82, 2.24) is 10.2 Å². The van der Waals surface area contributed by atoms with Crippen LogP contribution in [0.4, 0.5) is 0 Å².